The Hall–Kier alpha value is -2.70. The smallest absolute Gasteiger partial charge is 0.323 e. The number of hydrogen-bond donors (Lipinski definition) is 2. The molecule has 1 aliphatic heterocycles. The summed E-state index contributed by atoms with van der Waals surface area (Å²) in [4.78, 5) is 26.2. The summed E-state index contributed by atoms with van der Waals surface area (Å²) in [6, 6.07) is 18.5. The summed E-state index contributed by atoms with van der Waals surface area (Å²) in [5.74, 6) is -0.461. The Balaban J connectivity index is 2.10. The summed E-state index contributed by atoms with van der Waals surface area (Å²) >= 11 is 0. The predicted octanol–water partition coefficient (Wildman–Crippen LogP) is 4.58. The summed E-state index contributed by atoms with van der Waals surface area (Å²) in [7, 11) is 0. The molecule has 6 nitrogen and oxygen atoms in total. The molecule has 184 valence electrons. The average molecular weight is 467 g/mol. The second kappa shape index (κ2) is 12.7. The summed E-state index contributed by atoms with van der Waals surface area (Å²) in [5.41, 5.74) is 2.04. The lowest BCUT2D eigenvalue weighted by Gasteiger charge is -2.36. The van der Waals surface area contributed by atoms with Crippen LogP contribution in [0.5, 0.6) is 0 Å². The molecule has 2 aromatic rings. The Morgan fingerprint density at radius 2 is 1.00 bits per heavy atom. The van der Waals surface area contributed by atoms with E-state index >= 15 is 0 Å². The second-order valence-corrected chi connectivity index (χ2v) is 9.60. The van der Waals surface area contributed by atoms with Crippen molar-refractivity contribution in [3.8, 4) is 0 Å². The number of carbonyl (C=O) groups is 2. The van der Waals surface area contributed by atoms with Crippen LogP contribution in [0.1, 0.15) is 63.7 Å². The van der Waals surface area contributed by atoms with Gasteiger partial charge < -0.3 is 9.47 Å². The fraction of sp³-hybridized carbons (Fsp3) is 0.500. The molecule has 0 amide bonds. The fourth-order valence-corrected chi connectivity index (χ4v) is 4.27. The molecule has 0 radical (unpaired) electrons. The molecule has 1 aliphatic rings. The monoisotopic (exact) mass is 466 g/mol. The minimum Gasteiger partial charge on any atom is -0.465 e. The van der Waals surface area contributed by atoms with Crippen LogP contribution < -0.4 is 10.6 Å². The maximum Gasteiger partial charge on any atom is 0.323 e. The lowest BCUT2D eigenvalue weighted by Crippen LogP contribution is -2.51. The maximum atomic E-state index is 13.1. The molecular weight excluding hydrogens is 428 g/mol. The van der Waals surface area contributed by atoms with Crippen molar-refractivity contribution in [2.75, 3.05) is 13.2 Å². The van der Waals surface area contributed by atoms with Gasteiger partial charge in [0.1, 0.15) is 12.1 Å². The molecule has 2 aromatic carbocycles. The van der Waals surface area contributed by atoms with Crippen molar-refractivity contribution in [1.82, 2.24) is 10.6 Å². The highest BCUT2D eigenvalue weighted by Gasteiger charge is 2.36. The minimum atomic E-state index is -0.495. The first-order valence-corrected chi connectivity index (χ1v) is 12.3. The molecule has 0 aliphatic carbocycles. The van der Waals surface area contributed by atoms with Gasteiger partial charge in [-0.1, -0.05) is 88.4 Å². The Labute approximate surface area is 203 Å². The lowest BCUT2D eigenvalue weighted by atomic mass is 9.89. The van der Waals surface area contributed by atoms with Crippen molar-refractivity contribution in [3.63, 3.8) is 0 Å². The third kappa shape index (κ3) is 6.90. The summed E-state index contributed by atoms with van der Waals surface area (Å²) in [6.45, 7) is 8.69. The largest absolute Gasteiger partial charge is 0.465 e. The molecule has 6 heteroatoms. The highest BCUT2D eigenvalue weighted by Crippen LogP contribution is 2.32. The Morgan fingerprint density at radius 3 is 1.32 bits per heavy atom. The normalized spacial score (nSPS) is 25.5. The van der Waals surface area contributed by atoms with Crippen molar-refractivity contribution in [3.05, 3.63) is 71.8 Å². The van der Waals surface area contributed by atoms with E-state index in [2.05, 4.69) is 10.6 Å². The van der Waals surface area contributed by atoms with Crippen LogP contribution in [0.15, 0.2) is 60.7 Å². The van der Waals surface area contributed by atoms with E-state index < -0.39 is 12.1 Å². The van der Waals surface area contributed by atoms with Crippen LogP contribution in [0, 0.1) is 11.8 Å². The zero-order valence-electron chi connectivity index (χ0n) is 20.7. The minimum absolute atomic E-state index is 0.0221. The van der Waals surface area contributed by atoms with E-state index in [4.69, 9.17) is 9.47 Å². The standard InChI is InChI=1S/C28H38N2O4/c1-19(2)23-27(31)33-17-11-12-18-34-28(32)24(20(3)4)30-26(22-15-9-6-10-16-22)25(29-23)21-13-7-5-8-14-21/h5-10,13-16,19-20,23-26,29-30H,11-12,17-18H2,1-4H3/t23-,24?,25+,26+/m0/s1. The van der Waals surface area contributed by atoms with Crippen molar-refractivity contribution >= 4 is 11.9 Å². The first kappa shape index (κ1) is 25.9. The Morgan fingerprint density at radius 1 is 0.647 bits per heavy atom. The summed E-state index contributed by atoms with van der Waals surface area (Å²) in [6.07, 6.45) is 1.30. The van der Waals surface area contributed by atoms with Crippen molar-refractivity contribution < 1.29 is 19.1 Å². The van der Waals surface area contributed by atoms with E-state index in [0.29, 0.717) is 26.1 Å². The Kier molecular flexibility index (Phi) is 9.66. The molecule has 0 bridgehead atoms. The molecule has 0 saturated carbocycles. The molecular formula is C28H38N2O4. The molecule has 0 aromatic heterocycles. The van der Waals surface area contributed by atoms with Gasteiger partial charge in [-0.2, -0.15) is 0 Å². The van der Waals surface area contributed by atoms with E-state index in [1.54, 1.807) is 0 Å². The van der Waals surface area contributed by atoms with Gasteiger partial charge in [0.15, 0.2) is 0 Å². The topological polar surface area (TPSA) is 76.7 Å². The van der Waals surface area contributed by atoms with Gasteiger partial charge in [-0.05, 0) is 35.8 Å². The third-order valence-corrected chi connectivity index (χ3v) is 6.24. The highest BCUT2D eigenvalue weighted by atomic mass is 16.5. The number of esters is 2. The van der Waals surface area contributed by atoms with Crippen LogP contribution in [0.2, 0.25) is 0 Å². The van der Waals surface area contributed by atoms with E-state index in [1.165, 1.54) is 0 Å². The van der Waals surface area contributed by atoms with E-state index in [0.717, 1.165) is 11.1 Å². The van der Waals surface area contributed by atoms with Gasteiger partial charge in [0, 0.05) is 0 Å². The molecule has 3 rings (SSSR count). The van der Waals surface area contributed by atoms with E-state index in [-0.39, 0.29) is 35.9 Å². The maximum absolute atomic E-state index is 13.1. The molecule has 0 spiro atoms. The van der Waals surface area contributed by atoms with Crippen LogP contribution in [-0.2, 0) is 19.1 Å². The zero-order valence-corrected chi connectivity index (χ0v) is 20.7. The van der Waals surface area contributed by atoms with Crippen LogP contribution in [0.4, 0.5) is 0 Å². The van der Waals surface area contributed by atoms with Crippen molar-refractivity contribution in [1.29, 1.82) is 0 Å². The first-order valence-electron chi connectivity index (χ1n) is 12.3. The molecule has 1 unspecified atom stereocenters. The number of nitrogens with one attached hydrogen (secondary N) is 2. The van der Waals surface area contributed by atoms with Crippen LogP contribution >= 0.6 is 0 Å². The highest BCUT2D eigenvalue weighted by molar-refractivity contribution is 5.77. The molecule has 4 atom stereocenters. The second-order valence-electron chi connectivity index (χ2n) is 9.60. The average Bonchev–Trinajstić information content (AvgIpc) is 2.83. The SMILES string of the molecule is CC(C)C1N[C@H](c2ccccc2)[C@@H](c2ccccc2)N[C@@H](C(C)C)C(=O)OCCCCOC1=O. The van der Waals surface area contributed by atoms with Crippen molar-refractivity contribution in [2.24, 2.45) is 11.8 Å². The van der Waals surface area contributed by atoms with E-state index in [1.807, 2.05) is 88.4 Å². The zero-order chi connectivity index (χ0) is 24.5. The predicted molar refractivity (Wildman–Crippen MR) is 133 cm³/mol. The summed E-state index contributed by atoms with van der Waals surface area (Å²) in [5, 5.41) is 7.21. The quantitative estimate of drug-likeness (QED) is 0.643. The van der Waals surface area contributed by atoms with Crippen LogP contribution in [0.25, 0.3) is 0 Å². The van der Waals surface area contributed by atoms with Crippen LogP contribution in [0.3, 0.4) is 0 Å². The molecule has 1 heterocycles. The number of carbonyl (C=O) groups excluding carboxylic acids is 2. The first-order chi connectivity index (χ1) is 16.4. The van der Waals surface area contributed by atoms with Gasteiger partial charge in [-0.25, -0.2) is 0 Å². The van der Waals surface area contributed by atoms with Crippen molar-refractivity contribution in [2.45, 2.75) is 64.7 Å². The number of rotatable bonds is 4. The molecule has 1 saturated heterocycles. The van der Waals surface area contributed by atoms with Gasteiger partial charge in [-0.3, -0.25) is 20.2 Å². The molecule has 34 heavy (non-hydrogen) atoms. The van der Waals surface area contributed by atoms with Gasteiger partial charge in [0.2, 0.25) is 0 Å². The molecule has 2 N–H and O–H groups in total. The Bertz CT molecular complexity index is 826. The summed E-state index contributed by atoms with van der Waals surface area (Å²) < 4.78 is 11.2. The number of ether oxygens (including phenoxy) is 2. The number of cyclic esters (lactones) is 2. The number of hydrogen-bond acceptors (Lipinski definition) is 6. The third-order valence-electron chi connectivity index (χ3n) is 6.24. The van der Waals surface area contributed by atoms with Crippen LogP contribution in [-0.4, -0.2) is 37.2 Å². The van der Waals surface area contributed by atoms with Gasteiger partial charge >= 0.3 is 11.9 Å². The number of benzene rings is 2. The van der Waals surface area contributed by atoms with Gasteiger partial charge in [0.05, 0.1) is 25.3 Å². The van der Waals surface area contributed by atoms with Gasteiger partial charge in [-0.15, -0.1) is 0 Å². The van der Waals surface area contributed by atoms with Gasteiger partial charge in [0.25, 0.3) is 0 Å². The molecule has 1 fully saturated rings. The fourth-order valence-electron chi connectivity index (χ4n) is 4.27. The van der Waals surface area contributed by atoms with E-state index in [9.17, 15) is 9.59 Å². The lowest BCUT2D eigenvalue weighted by molar-refractivity contribution is -0.151.